The summed E-state index contributed by atoms with van der Waals surface area (Å²) >= 11 is 0. The van der Waals surface area contributed by atoms with E-state index in [0.29, 0.717) is 13.2 Å². The molecule has 1 amide bonds. The number of rotatable bonds is 3. The average molecular weight is 302 g/mol. The molecule has 0 aliphatic carbocycles. The van der Waals surface area contributed by atoms with Crippen LogP contribution in [0.15, 0.2) is 30.3 Å². The van der Waals surface area contributed by atoms with Crippen LogP contribution in [0, 0.1) is 5.92 Å². The maximum Gasteiger partial charge on any atom is 0.410 e. The van der Waals surface area contributed by atoms with Crippen LogP contribution in [0.5, 0.6) is 0 Å². The second-order valence-corrected chi connectivity index (χ2v) is 6.02. The molecule has 1 aromatic heterocycles. The standard InChI is InChI=1S/C16H22N4O2/c1-11(2)15-14-13(18-10-19-14)5-7-20(15)16(21)22-9-12-4-3-6-17-8-12/h3-4,6,10-11,15,17H,5,7-9H2,1-2H3,(H,18,19). The van der Waals surface area contributed by atoms with Crippen LogP contribution in [0.25, 0.3) is 0 Å². The van der Waals surface area contributed by atoms with Gasteiger partial charge in [0.05, 0.1) is 18.1 Å². The van der Waals surface area contributed by atoms with Crippen LogP contribution in [0.1, 0.15) is 31.3 Å². The van der Waals surface area contributed by atoms with Crippen molar-refractivity contribution >= 4 is 6.09 Å². The van der Waals surface area contributed by atoms with E-state index in [9.17, 15) is 4.79 Å². The number of nitrogens with one attached hydrogen (secondary N) is 2. The van der Waals surface area contributed by atoms with E-state index in [-0.39, 0.29) is 18.1 Å². The summed E-state index contributed by atoms with van der Waals surface area (Å²) in [5.41, 5.74) is 3.17. The molecule has 0 saturated heterocycles. The molecule has 0 aromatic carbocycles. The van der Waals surface area contributed by atoms with Crippen LogP contribution in [0.2, 0.25) is 0 Å². The van der Waals surface area contributed by atoms with E-state index in [4.69, 9.17) is 4.74 Å². The summed E-state index contributed by atoms with van der Waals surface area (Å²) in [6.07, 6.45) is 8.01. The van der Waals surface area contributed by atoms with Gasteiger partial charge in [-0.05, 0) is 23.8 Å². The lowest BCUT2D eigenvalue weighted by molar-refractivity contribution is 0.0757. The fourth-order valence-corrected chi connectivity index (χ4v) is 3.02. The maximum atomic E-state index is 12.5. The number of hydrogen-bond donors (Lipinski definition) is 2. The maximum absolute atomic E-state index is 12.5. The van der Waals surface area contributed by atoms with Crippen molar-refractivity contribution in [1.82, 2.24) is 20.2 Å². The summed E-state index contributed by atoms with van der Waals surface area (Å²) in [7, 11) is 0. The van der Waals surface area contributed by atoms with Crippen LogP contribution in [0.4, 0.5) is 4.79 Å². The lowest BCUT2D eigenvalue weighted by atomic mass is 9.94. The summed E-state index contributed by atoms with van der Waals surface area (Å²) in [4.78, 5) is 21.9. The molecule has 1 aromatic rings. The van der Waals surface area contributed by atoms with Crippen LogP contribution in [0.3, 0.4) is 0 Å². The van der Waals surface area contributed by atoms with Crippen LogP contribution < -0.4 is 5.32 Å². The van der Waals surface area contributed by atoms with Crippen molar-refractivity contribution in [3.05, 3.63) is 41.6 Å². The Morgan fingerprint density at radius 1 is 1.55 bits per heavy atom. The van der Waals surface area contributed by atoms with Crippen molar-refractivity contribution in [2.24, 2.45) is 5.92 Å². The first-order valence-electron chi connectivity index (χ1n) is 7.70. The van der Waals surface area contributed by atoms with Crippen molar-refractivity contribution in [3.8, 4) is 0 Å². The zero-order valence-corrected chi connectivity index (χ0v) is 13.0. The molecule has 6 nitrogen and oxygen atoms in total. The molecule has 1 unspecified atom stereocenters. The minimum atomic E-state index is -0.261. The first-order chi connectivity index (χ1) is 10.7. The summed E-state index contributed by atoms with van der Waals surface area (Å²) in [5.74, 6) is 0.286. The second-order valence-electron chi connectivity index (χ2n) is 6.02. The molecule has 0 saturated carbocycles. The number of carbonyl (C=O) groups excluding carboxylic acids is 1. The number of hydrogen-bond acceptors (Lipinski definition) is 4. The lowest BCUT2D eigenvalue weighted by Crippen LogP contribution is -2.43. The summed E-state index contributed by atoms with van der Waals surface area (Å²) < 4.78 is 5.50. The number of fused-ring (bicyclic) bond motifs is 1. The predicted molar refractivity (Wildman–Crippen MR) is 83.2 cm³/mol. The summed E-state index contributed by atoms with van der Waals surface area (Å²) in [6.45, 7) is 5.92. The van der Waals surface area contributed by atoms with Gasteiger partial charge in [0, 0.05) is 25.2 Å². The SMILES string of the molecule is CC(C)C1c2nc[nH]c2CCN1C(=O)OCC1=CC=CNC1. The minimum absolute atomic E-state index is 0.0270. The van der Waals surface area contributed by atoms with Gasteiger partial charge in [0.1, 0.15) is 6.61 Å². The fourth-order valence-electron chi connectivity index (χ4n) is 3.02. The Morgan fingerprint density at radius 2 is 2.41 bits per heavy atom. The van der Waals surface area contributed by atoms with Crippen LogP contribution in [-0.2, 0) is 11.2 Å². The molecule has 0 radical (unpaired) electrons. The van der Waals surface area contributed by atoms with Gasteiger partial charge < -0.3 is 15.0 Å². The van der Waals surface area contributed by atoms with E-state index in [2.05, 4.69) is 29.1 Å². The highest BCUT2D eigenvalue weighted by molar-refractivity contribution is 5.69. The third-order valence-electron chi connectivity index (χ3n) is 4.09. The van der Waals surface area contributed by atoms with Crippen LogP contribution >= 0.6 is 0 Å². The normalized spacial score (nSPS) is 20.4. The highest BCUT2D eigenvalue weighted by Crippen LogP contribution is 2.33. The number of aromatic amines is 1. The number of amides is 1. The fraction of sp³-hybridized carbons (Fsp3) is 0.500. The Balaban J connectivity index is 1.69. The Hall–Kier alpha value is -2.24. The molecule has 118 valence electrons. The number of allylic oxidation sites excluding steroid dienone is 2. The molecule has 2 aliphatic rings. The monoisotopic (exact) mass is 302 g/mol. The second kappa shape index (κ2) is 6.25. The van der Waals surface area contributed by atoms with Crippen molar-refractivity contribution in [2.75, 3.05) is 19.7 Å². The zero-order valence-electron chi connectivity index (χ0n) is 13.0. The van der Waals surface area contributed by atoms with E-state index >= 15 is 0 Å². The number of dihydropyridines is 1. The largest absolute Gasteiger partial charge is 0.445 e. The van der Waals surface area contributed by atoms with Gasteiger partial charge in [-0.25, -0.2) is 9.78 Å². The summed E-state index contributed by atoms with van der Waals surface area (Å²) in [6, 6.07) is -0.0270. The molecule has 2 N–H and O–H groups in total. The Morgan fingerprint density at radius 3 is 3.14 bits per heavy atom. The molecular weight excluding hydrogens is 280 g/mol. The van der Waals surface area contributed by atoms with Gasteiger partial charge in [-0.1, -0.05) is 19.9 Å². The molecule has 0 spiro atoms. The molecule has 3 heterocycles. The highest BCUT2D eigenvalue weighted by atomic mass is 16.6. The minimum Gasteiger partial charge on any atom is -0.445 e. The number of H-pyrrole nitrogens is 1. The molecule has 1 atom stereocenters. The topological polar surface area (TPSA) is 70.2 Å². The quantitative estimate of drug-likeness (QED) is 0.897. The Kier molecular flexibility index (Phi) is 4.18. The molecule has 2 aliphatic heterocycles. The van der Waals surface area contributed by atoms with Crippen molar-refractivity contribution in [3.63, 3.8) is 0 Å². The van der Waals surface area contributed by atoms with Gasteiger partial charge in [-0.15, -0.1) is 0 Å². The predicted octanol–water partition coefficient (Wildman–Crippen LogP) is 2.14. The van der Waals surface area contributed by atoms with Crippen LogP contribution in [-0.4, -0.2) is 40.7 Å². The van der Waals surface area contributed by atoms with E-state index in [1.807, 2.05) is 18.4 Å². The van der Waals surface area contributed by atoms with Crippen molar-refractivity contribution < 1.29 is 9.53 Å². The van der Waals surface area contributed by atoms with E-state index in [1.165, 1.54) is 0 Å². The number of aromatic nitrogens is 2. The first kappa shape index (κ1) is 14.7. The van der Waals surface area contributed by atoms with E-state index < -0.39 is 0 Å². The van der Waals surface area contributed by atoms with E-state index in [1.54, 1.807) is 11.2 Å². The van der Waals surface area contributed by atoms with Gasteiger partial charge in [0.2, 0.25) is 0 Å². The van der Waals surface area contributed by atoms with Gasteiger partial charge in [-0.2, -0.15) is 0 Å². The number of carbonyl (C=O) groups is 1. The number of nitrogens with zero attached hydrogens (tertiary/aromatic N) is 2. The third kappa shape index (κ3) is 2.86. The molecule has 3 rings (SSSR count). The third-order valence-corrected chi connectivity index (χ3v) is 4.09. The molecule has 0 fully saturated rings. The molecule has 6 heteroatoms. The van der Waals surface area contributed by atoms with Crippen molar-refractivity contribution in [2.45, 2.75) is 26.3 Å². The van der Waals surface area contributed by atoms with Gasteiger partial charge in [0.15, 0.2) is 0 Å². The van der Waals surface area contributed by atoms with Crippen molar-refractivity contribution in [1.29, 1.82) is 0 Å². The number of ether oxygens (including phenoxy) is 1. The van der Waals surface area contributed by atoms with Gasteiger partial charge in [-0.3, -0.25) is 4.90 Å². The zero-order chi connectivity index (χ0) is 15.5. The highest BCUT2D eigenvalue weighted by Gasteiger charge is 2.35. The molecule has 22 heavy (non-hydrogen) atoms. The summed E-state index contributed by atoms with van der Waals surface area (Å²) in [5, 5.41) is 3.11. The first-order valence-corrected chi connectivity index (χ1v) is 7.70. The van der Waals surface area contributed by atoms with E-state index in [0.717, 1.165) is 29.9 Å². The van der Waals surface area contributed by atoms with Gasteiger partial charge in [0.25, 0.3) is 0 Å². The Bertz CT molecular complexity index is 603. The average Bonchev–Trinajstić information content (AvgIpc) is 3.00. The molecule has 0 bridgehead atoms. The lowest BCUT2D eigenvalue weighted by Gasteiger charge is -2.36. The Labute approximate surface area is 130 Å². The number of imidazole rings is 1. The van der Waals surface area contributed by atoms with Gasteiger partial charge >= 0.3 is 6.09 Å². The molecular formula is C16H22N4O2. The smallest absolute Gasteiger partial charge is 0.410 e.